The third kappa shape index (κ3) is 8.45. The van der Waals surface area contributed by atoms with Crippen LogP contribution < -0.4 is 0 Å². The summed E-state index contributed by atoms with van der Waals surface area (Å²) in [6, 6.07) is -0.349. The summed E-state index contributed by atoms with van der Waals surface area (Å²) in [5.41, 5.74) is 3.32. The van der Waals surface area contributed by atoms with E-state index in [-0.39, 0.29) is 29.7 Å². The SMILES string of the molecule is COC1=CC(=O)N(C(=O)/C(C)=C\[C@H](C)CC/C(=C/Cl)CCCN(C)C(C)=O)[C@H]1CC(C)C. The van der Waals surface area contributed by atoms with Crippen LogP contribution >= 0.6 is 11.6 Å². The number of halogens is 1. The van der Waals surface area contributed by atoms with Crippen molar-refractivity contribution in [3.8, 4) is 0 Å². The molecule has 0 aromatic heterocycles. The molecule has 180 valence electrons. The molecule has 0 saturated carbocycles. The fraction of sp³-hybridized carbons (Fsp3) is 0.640. The number of carbonyl (C=O) groups excluding carboxylic acids is 3. The number of imide groups is 1. The van der Waals surface area contributed by atoms with Gasteiger partial charge >= 0.3 is 0 Å². The molecule has 0 saturated heterocycles. The zero-order valence-corrected chi connectivity index (χ0v) is 21.4. The Morgan fingerprint density at radius 1 is 1.25 bits per heavy atom. The molecular formula is C25H39ClN2O4. The van der Waals surface area contributed by atoms with E-state index in [9.17, 15) is 14.4 Å². The van der Waals surface area contributed by atoms with E-state index < -0.39 is 0 Å². The molecule has 1 aliphatic heterocycles. The number of methoxy groups -OCH3 is 1. The van der Waals surface area contributed by atoms with Crippen LogP contribution in [0.1, 0.15) is 66.7 Å². The van der Waals surface area contributed by atoms with Gasteiger partial charge in [-0.05, 0) is 50.9 Å². The lowest BCUT2D eigenvalue weighted by Gasteiger charge is -2.26. The van der Waals surface area contributed by atoms with E-state index in [0.717, 1.165) is 31.3 Å². The average molecular weight is 467 g/mol. The molecule has 0 aromatic carbocycles. The van der Waals surface area contributed by atoms with Gasteiger partial charge in [-0.15, -0.1) is 0 Å². The summed E-state index contributed by atoms with van der Waals surface area (Å²) in [7, 11) is 3.33. The smallest absolute Gasteiger partial charge is 0.257 e. The van der Waals surface area contributed by atoms with Gasteiger partial charge in [0, 0.05) is 37.7 Å². The van der Waals surface area contributed by atoms with Crippen LogP contribution in [0.5, 0.6) is 0 Å². The molecule has 1 aliphatic rings. The van der Waals surface area contributed by atoms with Crippen LogP contribution in [0, 0.1) is 11.8 Å². The minimum absolute atomic E-state index is 0.0558. The third-order valence-corrected chi connectivity index (χ3v) is 6.08. The number of allylic oxidation sites excluding steroid dienone is 2. The molecule has 1 heterocycles. The molecule has 1 rings (SSSR count). The monoisotopic (exact) mass is 466 g/mol. The Morgan fingerprint density at radius 3 is 2.44 bits per heavy atom. The van der Waals surface area contributed by atoms with E-state index in [0.29, 0.717) is 30.2 Å². The Bertz CT molecular complexity index is 770. The van der Waals surface area contributed by atoms with Crippen LogP contribution in [0.25, 0.3) is 0 Å². The Hall–Kier alpha value is -2.08. The van der Waals surface area contributed by atoms with Crippen molar-refractivity contribution < 1.29 is 19.1 Å². The lowest BCUT2D eigenvalue weighted by molar-refractivity contribution is -0.140. The molecule has 0 aromatic rings. The first-order chi connectivity index (χ1) is 15.0. The first-order valence-electron chi connectivity index (χ1n) is 11.3. The molecule has 3 amide bonds. The Balaban J connectivity index is 2.69. The van der Waals surface area contributed by atoms with Gasteiger partial charge in [-0.2, -0.15) is 0 Å². The van der Waals surface area contributed by atoms with E-state index >= 15 is 0 Å². The number of ether oxygens (including phenoxy) is 1. The molecule has 32 heavy (non-hydrogen) atoms. The molecule has 0 spiro atoms. The maximum atomic E-state index is 13.1. The summed E-state index contributed by atoms with van der Waals surface area (Å²) >= 11 is 6.00. The van der Waals surface area contributed by atoms with Gasteiger partial charge in [0.05, 0.1) is 13.2 Å². The zero-order chi connectivity index (χ0) is 24.4. The highest BCUT2D eigenvalue weighted by molar-refractivity contribution is 6.25. The van der Waals surface area contributed by atoms with Gasteiger partial charge in [-0.25, -0.2) is 0 Å². The van der Waals surface area contributed by atoms with E-state index in [1.165, 1.54) is 18.1 Å². The number of nitrogens with zero attached hydrogens (tertiary/aromatic N) is 2. The standard InChI is InChI=1S/C25H39ClN2O4/c1-17(2)13-22-23(32-7)15-24(30)28(22)25(31)19(4)14-18(3)10-11-21(16-26)9-8-12-27(6)20(5)29/h14-18,22H,8-13H2,1-7H3/b19-14-,21-16+/t18-,22+/m1/s1. The average Bonchev–Trinajstić information content (AvgIpc) is 3.03. The van der Waals surface area contributed by atoms with Crippen molar-refractivity contribution in [1.82, 2.24) is 9.80 Å². The van der Waals surface area contributed by atoms with E-state index in [1.54, 1.807) is 31.3 Å². The quantitative estimate of drug-likeness (QED) is 0.378. The van der Waals surface area contributed by atoms with Gasteiger partial charge in [0.2, 0.25) is 5.91 Å². The predicted octanol–water partition coefficient (Wildman–Crippen LogP) is 5.04. The highest BCUT2D eigenvalue weighted by Crippen LogP contribution is 2.28. The second kappa shape index (κ2) is 13.5. The van der Waals surface area contributed by atoms with Gasteiger partial charge < -0.3 is 9.64 Å². The van der Waals surface area contributed by atoms with E-state index in [4.69, 9.17) is 16.3 Å². The Kier molecular flexibility index (Phi) is 11.8. The highest BCUT2D eigenvalue weighted by Gasteiger charge is 2.38. The van der Waals surface area contributed by atoms with Crippen LogP contribution in [0.3, 0.4) is 0 Å². The molecule has 0 N–H and O–H groups in total. The second-order valence-electron chi connectivity index (χ2n) is 9.09. The van der Waals surface area contributed by atoms with Crippen molar-refractivity contribution in [3.63, 3.8) is 0 Å². The van der Waals surface area contributed by atoms with Gasteiger partial charge in [0.25, 0.3) is 11.8 Å². The van der Waals surface area contributed by atoms with Crippen molar-refractivity contribution in [2.75, 3.05) is 20.7 Å². The van der Waals surface area contributed by atoms with Gasteiger partial charge in [0.15, 0.2) is 0 Å². The summed E-state index contributed by atoms with van der Waals surface area (Å²) in [4.78, 5) is 39.9. The van der Waals surface area contributed by atoms with Crippen LogP contribution in [-0.4, -0.2) is 54.3 Å². The summed E-state index contributed by atoms with van der Waals surface area (Å²) in [6.45, 7) is 10.2. The number of carbonyl (C=O) groups is 3. The van der Waals surface area contributed by atoms with Crippen molar-refractivity contribution in [2.45, 2.75) is 72.8 Å². The summed E-state index contributed by atoms with van der Waals surface area (Å²) in [5, 5.41) is 0. The molecule has 6 nitrogen and oxygen atoms in total. The molecule has 0 unspecified atom stereocenters. The van der Waals surface area contributed by atoms with Gasteiger partial charge in [-0.1, -0.05) is 44.0 Å². The number of hydrogen-bond acceptors (Lipinski definition) is 4. The van der Waals surface area contributed by atoms with Crippen molar-refractivity contribution in [2.24, 2.45) is 11.8 Å². The van der Waals surface area contributed by atoms with Gasteiger partial charge in [-0.3, -0.25) is 19.3 Å². The van der Waals surface area contributed by atoms with Crippen LogP contribution in [0.15, 0.2) is 34.6 Å². The van der Waals surface area contributed by atoms with Crippen molar-refractivity contribution >= 4 is 29.3 Å². The topological polar surface area (TPSA) is 66.9 Å². The zero-order valence-electron chi connectivity index (χ0n) is 20.6. The molecule has 0 radical (unpaired) electrons. The van der Waals surface area contributed by atoms with Crippen molar-refractivity contribution in [1.29, 1.82) is 0 Å². The lowest BCUT2D eigenvalue weighted by Crippen LogP contribution is -2.41. The normalized spacial score (nSPS) is 18.2. The number of amides is 3. The first-order valence-corrected chi connectivity index (χ1v) is 11.8. The molecule has 0 fully saturated rings. The number of hydrogen-bond donors (Lipinski definition) is 0. The molecule has 2 atom stereocenters. The number of rotatable bonds is 12. The minimum atomic E-state index is -0.349. The molecule has 7 heteroatoms. The van der Waals surface area contributed by atoms with Crippen LogP contribution in [0.4, 0.5) is 0 Å². The summed E-state index contributed by atoms with van der Waals surface area (Å²) in [6.07, 6.45) is 7.38. The fourth-order valence-electron chi connectivity index (χ4n) is 3.79. The Labute approximate surface area is 198 Å². The summed E-state index contributed by atoms with van der Waals surface area (Å²) in [5.74, 6) is 0.489. The largest absolute Gasteiger partial charge is 0.499 e. The van der Waals surface area contributed by atoms with Crippen LogP contribution in [-0.2, 0) is 19.1 Å². The van der Waals surface area contributed by atoms with Crippen molar-refractivity contribution in [3.05, 3.63) is 34.6 Å². The summed E-state index contributed by atoms with van der Waals surface area (Å²) < 4.78 is 5.36. The van der Waals surface area contributed by atoms with Crippen LogP contribution in [0.2, 0.25) is 0 Å². The van der Waals surface area contributed by atoms with E-state index in [1.807, 2.05) is 6.08 Å². The maximum Gasteiger partial charge on any atom is 0.257 e. The second-order valence-corrected chi connectivity index (χ2v) is 9.30. The molecule has 0 bridgehead atoms. The third-order valence-electron chi connectivity index (χ3n) is 5.77. The minimum Gasteiger partial charge on any atom is -0.499 e. The fourth-order valence-corrected chi connectivity index (χ4v) is 4.01. The van der Waals surface area contributed by atoms with E-state index in [2.05, 4.69) is 20.8 Å². The first kappa shape index (κ1) is 28.0. The molecule has 0 aliphatic carbocycles. The predicted molar refractivity (Wildman–Crippen MR) is 129 cm³/mol. The van der Waals surface area contributed by atoms with Gasteiger partial charge in [0.1, 0.15) is 5.76 Å². The maximum absolute atomic E-state index is 13.1. The Morgan fingerprint density at radius 2 is 1.91 bits per heavy atom. The molecular weight excluding hydrogens is 428 g/mol. The highest BCUT2D eigenvalue weighted by atomic mass is 35.5. The lowest BCUT2D eigenvalue weighted by atomic mass is 9.97.